The third-order valence-corrected chi connectivity index (χ3v) is 9.83. The average molecular weight is 456 g/mol. The van der Waals surface area contributed by atoms with Gasteiger partial charge in [0.05, 0.1) is 0 Å². The standard InChI is InChI=1S/C26H34ClN3O2/c1-15-13-17-18-5-6-20(24(32)29-16-9-12-28-21(27)14-16)25(18,2)10-7-19(17)26(3)11-8-22(31)30(4)23(15)26/h9,12,14,17-20H,5-8,10-11,13H2,1-4H3,(H,28,29,32)/t17-,18-,19-,20+,25-,26+/m0/s1. The van der Waals surface area contributed by atoms with E-state index in [1.165, 1.54) is 11.3 Å². The van der Waals surface area contributed by atoms with Gasteiger partial charge in [-0.15, -0.1) is 0 Å². The first kappa shape index (κ1) is 21.9. The van der Waals surface area contributed by atoms with E-state index in [1.807, 2.05) is 11.9 Å². The highest BCUT2D eigenvalue weighted by atomic mass is 35.5. The SMILES string of the molecule is CC1=C2N(C)C(=O)CC[C@]2(C)[C@H]2CC[C@]3(C)[C@@H](C(=O)Nc4ccnc(Cl)c4)CC[C@H]3[C@@H]2C1. The van der Waals surface area contributed by atoms with Crippen molar-refractivity contribution < 1.29 is 9.59 Å². The maximum Gasteiger partial charge on any atom is 0.228 e. The van der Waals surface area contributed by atoms with Gasteiger partial charge in [-0.3, -0.25) is 9.59 Å². The van der Waals surface area contributed by atoms with Crippen LogP contribution < -0.4 is 5.32 Å². The highest BCUT2D eigenvalue weighted by Gasteiger charge is 2.61. The Kier molecular flexibility index (Phi) is 5.20. The van der Waals surface area contributed by atoms with Gasteiger partial charge in [0, 0.05) is 42.4 Å². The molecule has 5 rings (SSSR count). The molecular weight excluding hydrogens is 422 g/mol. The maximum absolute atomic E-state index is 13.4. The Morgan fingerprint density at radius 3 is 2.75 bits per heavy atom. The zero-order valence-corrected chi connectivity index (χ0v) is 20.3. The predicted octanol–water partition coefficient (Wildman–Crippen LogP) is 5.67. The van der Waals surface area contributed by atoms with E-state index >= 15 is 0 Å². The van der Waals surface area contributed by atoms with Crippen molar-refractivity contribution in [2.24, 2.45) is 34.5 Å². The molecule has 1 N–H and O–H groups in total. The molecule has 3 fully saturated rings. The second-order valence-electron chi connectivity index (χ2n) is 11.1. The summed E-state index contributed by atoms with van der Waals surface area (Å²) in [6, 6.07) is 3.51. The van der Waals surface area contributed by atoms with Crippen molar-refractivity contribution in [3.05, 3.63) is 34.8 Å². The van der Waals surface area contributed by atoms with Crippen LogP contribution in [0.2, 0.25) is 5.15 Å². The zero-order valence-electron chi connectivity index (χ0n) is 19.6. The van der Waals surface area contributed by atoms with E-state index in [0.717, 1.165) is 44.2 Å². The molecule has 0 unspecified atom stereocenters. The fourth-order valence-corrected chi connectivity index (χ4v) is 8.42. The molecule has 3 aliphatic carbocycles. The molecule has 172 valence electrons. The largest absolute Gasteiger partial charge is 0.326 e. The topological polar surface area (TPSA) is 62.3 Å². The summed E-state index contributed by atoms with van der Waals surface area (Å²) in [6.07, 6.45) is 8.56. The first-order valence-electron chi connectivity index (χ1n) is 12.0. The molecule has 0 spiro atoms. The number of allylic oxidation sites excluding steroid dienone is 2. The van der Waals surface area contributed by atoms with E-state index in [2.05, 4.69) is 31.1 Å². The normalized spacial score (nSPS) is 38.8. The van der Waals surface area contributed by atoms with Crippen LogP contribution >= 0.6 is 11.6 Å². The van der Waals surface area contributed by atoms with Gasteiger partial charge in [-0.05, 0) is 80.8 Å². The maximum atomic E-state index is 13.4. The van der Waals surface area contributed by atoms with Gasteiger partial charge in [-0.25, -0.2) is 4.98 Å². The Morgan fingerprint density at radius 2 is 2.00 bits per heavy atom. The Bertz CT molecular complexity index is 1010. The number of aromatic nitrogens is 1. The lowest BCUT2D eigenvalue weighted by atomic mass is 9.48. The van der Waals surface area contributed by atoms with Crippen LogP contribution in [0.4, 0.5) is 5.69 Å². The highest BCUT2D eigenvalue weighted by Crippen LogP contribution is 2.66. The van der Waals surface area contributed by atoms with Gasteiger partial charge in [0.2, 0.25) is 11.8 Å². The number of carbonyl (C=O) groups excluding carboxylic acids is 2. The quantitative estimate of drug-likeness (QED) is 0.584. The van der Waals surface area contributed by atoms with Crippen LogP contribution in [0.5, 0.6) is 0 Å². The molecule has 0 radical (unpaired) electrons. The van der Waals surface area contributed by atoms with Crippen LogP contribution in [0.15, 0.2) is 29.6 Å². The van der Waals surface area contributed by atoms with Crippen molar-refractivity contribution in [1.29, 1.82) is 0 Å². The second-order valence-corrected chi connectivity index (χ2v) is 11.5. The van der Waals surface area contributed by atoms with Crippen LogP contribution in [-0.4, -0.2) is 28.7 Å². The smallest absolute Gasteiger partial charge is 0.228 e. The average Bonchev–Trinajstić information content (AvgIpc) is 3.09. The van der Waals surface area contributed by atoms with Crippen molar-refractivity contribution in [2.45, 2.75) is 65.7 Å². The number of pyridine rings is 1. The number of nitrogens with one attached hydrogen (secondary N) is 1. The van der Waals surface area contributed by atoms with Gasteiger partial charge < -0.3 is 10.2 Å². The van der Waals surface area contributed by atoms with Crippen LogP contribution in [0.1, 0.15) is 65.7 Å². The van der Waals surface area contributed by atoms with Crippen molar-refractivity contribution in [1.82, 2.24) is 9.88 Å². The lowest BCUT2D eigenvalue weighted by Gasteiger charge is -2.59. The van der Waals surface area contributed by atoms with Gasteiger partial charge in [-0.2, -0.15) is 0 Å². The number of piperidine rings is 1. The van der Waals surface area contributed by atoms with Crippen molar-refractivity contribution in [2.75, 3.05) is 12.4 Å². The minimum atomic E-state index is 0.0204. The Labute approximate surface area is 196 Å². The van der Waals surface area contributed by atoms with Crippen LogP contribution in [0.3, 0.4) is 0 Å². The van der Waals surface area contributed by atoms with E-state index in [-0.39, 0.29) is 28.6 Å². The fraction of sp³-hybridized carbons (Fsp3) is 0.654. The fourth-order valence-electron chi connectivity index (χ4n) is 8.25. The third kappa shape index (κ3) is 3.14. The molecule has 1 saturated heterocycles. The number of amides is 2. The monoisotopic (exact) mass is 455 g/mol. The van der Waals surface area contributed by atoms with Gasteiger partial charge in [0.15, 0.2) is 0 Å². The summed E-state index contributed by atoms with van der Waals surface area (Å²) in [7, 11) is 1.97. The van der Waals surface area contributed by atoms with Gasteiger partial charge in [-0.1, -0.05) is 31.0 Å². The molecule has 0 bridgehead atoms. The van der Waals surface area contributed by atoms with E-state index in [1.54, 1.807) is 18.3 Å². The number of likely N-dealkylation sites (tertiary alicyclic amines) is 1. The molecule has 2 saturated carbocycles. The van der Waals surface area contributed by atoms with Crippen LogP contribution in [0.25, 0.3) is 0 Å². The highest BCUT2D eigenvalue weighted by molar-refractivity contribution is 6.29. The van der Waals surface area contributed by atoms with Crippen LogP contribution in [-0.2, 0) is 9.59 Å². The van der Waals surface area contributed by atoms with Crippen LogP contribution in [0, 0.1) is 34.5 Å². The summed E-state index contributed by atoms with van der Waals surface area (Å²) in [5.41, 5.74) is 3.49. The molecule has 1 aliphatic heterocycles. The number of rotatable bonds is 2. The number of carbonyl (C=O) groups is 2. The van der Waals surface area contributed by atoms with E-state index in [9.17, 15) is 9.59 Å². The number of nitrogens with zero attached hydrogens (tertiary/aromatic N) is 2. The zero-order chi connectivity index (χ0) is 22.8. The second kappa shape index (κ2) is 7.58. The van der Waals surface area contributed by atoms with Gasteiger partial charge >= 0.3 is 0 Å². The Morgan fingerprint density at radius 1 is 1.22 bits per heavy atom. The molecular formula is C26H34ClN3O2. The third-order valence-electron chi connectivity index (χ3n) is 9.62. The summed E-state index contributed by atoms with van der Waals surface area (Å²) < 4.78 is 0. The molecule has 4 aliphatic rings. The number of hydrogen-bond acceptors (Lipinski definition) is 3. The van der Waals surface area contributed by atoms with E-state index < -0.39 is 0 Å². The lowest BCUT2D eigenvalue weighted by Crippen LogP contribution is -2.54. The Balaban J connectivity index is 1.42. The Hall–Kier alpha value is -1.88. The van der Waals surface area contributed by atoms with Crippen molar-refractivity contribution in [3.63, 3.8) is 0 Å². The molecule has 1 aromatic heterocycles. The molecule has 2 amide bonds. The molecule has 6 heteroatoms. The number of halogens is 1. The van der Waals surface area contributed by atoms with Gasteiger partial charge in [0.1, 0.15) is 5.15 Å². The first-order valence-corrected chi connectivity index (χ1v) is 12.4. The minimum absolute atomic E-state index is 0.0204. The molecule has 0 aromatic carbocycles. The first-order chi connectivity index (χ1) is 15.1. The van der Waals surface area contributed by atoms with Crippen molar-refractivity contribution in [3.8, 4) is 0 Å². The number of fused-ring (bicyclic) bond motifs is 5. The molecule has 32 heavy (non-hydrogen) atoms. The molecule has 2 heterocycles. The summed E-state index contributed by atoms with van der Waals surface area (Å²) >= 11 is 6.01. The lowest BCUT2D eigenvalue weighted by molar-refractivity contribution is -0.137. The molecule has 1 aromatic rings. The summed E-state index contributed by atoms with van der Waals surface area (Å²) in [6.45, 7) is 7.00. The van der Waals surface area contributed by atoms with Crippen molar-refractivity contribution >= 4 is 29.1 Å². The minimum Gasteiger partial charge on any atom is -0.326 e. The molecule has 6 atom stereocenters. The van der Waals surface area contributed by atoms with E-state index in [4.69, 9.17) is 11.6 Å². The number of hydrogen-bond donors (Lipinski definition) is 1. The number of anilines is 1. The van der Waals surface area contributed by atoms with E-state index in [0.29, 0.717) is 29.3 Å². The summed E-state index contributed by atoms with van der Waals surface area (Å²) in [5, 5.41) is 3.50. The van der Waals surface area contributed by atoms with Gasteiger partial charge in [0.25, 0.3) is 0 Å². The summed E-state index contributed by atoms with van der Waals surface area (Å²) in [4.78, 5) is 31.8. The predicted molar refractivity (Wildman–Crippen MR) is 126 cm³/mol. The summed E-state index contributed by atoms with van der Waals surface area (Å²) in [5.74, 6) is 2.13. The molecule has 5 nitrogen and oxygen atoms in total.